The molecule has 7 nitrogen and oxygen atoms in total. The highest BCUT2D eigenvalue weighted by atomic mass is 16.5. The number of rotatable bonds is 10. The summed E-state index contributed by atoms with van der Waals surface area (Å²) in [6.07, 6.45) is 1.03. The van der Waals surface area contributed by atoms with E-state index >= 15 is 0 Å². The Morgan fingerprint density at radius 2 is 2.00 bits per heavy atom. The Kier molecular flexibility index (Phi) is 6.29. The second kappa shape index (κ2) is 9.07. The summed E-state index contributed by atoms with van der Waals surface area (Å²) >= 11 is 0. The number of benzene rings is 2. The van der Waals surface area contributed by atoms with E-state index in [1.54, 1.807) is 13.4 Å². The highest BCUT2D eigenvalue weighted by Gasteiger charge is 2.07. The molecule has 3 N–H and O–H groups in total. The highest BCUT2D eigenvalue weighted by Crippen LogP contribution is 2.25. The lowest BCUT2D eigenvalue weighted by Crippen LogP contribution is -2.33. The summed E-state index contributed by atoms with van der Waals surface area (Å²) in [6.45, 7) is 1.71. The summed E-state index contributed by atoms with van der Waals surface area (Å²) in [5.41, 5.74) is 1.79. The van der Waals surface area contributed by atoms with Gasteiger partial charge < -0.3 is 29.6 Å². The number of nitrogens with zero attached hydrogens (tertiary/aromatic N) is 1. The van der Waals surface area contributed by atoms with E-state index in [0.717, 1.165) is 11.0 Å². The van der Waals surface area contributed by atoms with Crippen LogP contribution in [-0.2, 0) is 0 Å². The van der Waals surface area contributed by atoms with E-state index in [-0.39, 0.29) is 6.61 Å². The fourth-order valence-electron chi connectivity index (χ4n) is 2.50. The molecule has 1 unspecified atom stereocenters. The van der Waals surface area contributed by atoms with Crippen molar-refractivity contribution in [1.29, 1.82) is 0 Å². The molecule has 0 aliphatic rings. The monoisotopic (exact) mass is 357 g/mol. The minimum atomic E-state index is -0.612. The number of nitrogens with one attached hydrogen (secondary N) is 2. The van der Waals surface area contributed by atoms with Crippen LogP contribution in [0.5, 0.6) is 17.2 Å². The molecule has 3 rings (SSSR count). The molecule has 0 fully saturated rings. The van der Waals surface area contributed by atoms with Gasteiger partial charge in [0.1, 0.15) is 25.1 Å². The van der Waals surface area contributed by atoms with Crippen molar-refractivity contribution in [3.05, 3.63) is 48.8 Å². The maximum atomic E-state index is 10.0. The Morgan fingerprint density at radius 1 is 1.15 bits per heavy atom. The highest BCUT2D eigenvalue weighted by molar-refractivity contribution is 5.75. The van der Waals surface area contributed by atoms with E-state index in [1.165, 1.54) is 0 Å². The number of H-pyrrole nitrogens is 1. The summed E-state index contributed by atoms with van der Waals surface area (Å²) in [4.78, 5) is 7.18. The lowest BCUT2D eigenvalue weighted by Gasteiger charge is -2.14. The van der Waals surface area contributed by atoms with Crippen molar-refractivity contribution < 1.29 is 19.3 Å². The Labute approximate surface area is 151 Å². The molecule has 0 bridgehead atoms. The average molecular weight is 357 g/mol. The van der Waals surface area contributed by atoms with Crippen molar-refractivity contribution in [2.45, 2.75) is 6.10 Å². The van der Waals surface area contributed by atoms with E-state index in [2.05, 4.69) is 15.3 Å². The minimum Gasteiger partial charge on any atom is -0.493 e. The molecule has 0 saturated heterocycles. The summed E-state index contributed by atoms with van der Waals surface area (Å²) in [5, 5.41) is 13.2. The Bertz CT molecular complexity index is 821. The standard InChI is InChI=1S/C19H23N3O4/c1-24-18-4-2-3-5-19(18)25-9-8-20-11-14(23)12-26-15-6-7-16-17(10-15)22-13-21-16/h2-7,10,13-14,20,23H,8-9,11-12H2,1H3,(H,21,22). The number of aromatic nitrogens is 2. The van der Waals surface area contributed by atoms with Crippen LogP contribution in [0, 0.1) is 0 Å². The van der Waals surface area contributed by atoms with Gasteiger partial charge in [0.05, 0.1) is 24.5 Å². The number of fused-ring (bicyclic) bond motifs is 1. The first-order chi connectivity index (χ1) is 12.8. The molecule has 138 valence electrons. The fraction of sp³-hybridized carbons (Fsp3) is 0.316. The molecule has 0 radical (unpaired) electrons. The summed E-state index contributed by atoms with van der Waals surface area (Å²) < 4.78 is 16.5. The zero-order valence-corrected chi connectivity index (χ0v) is 14.6. The van der Waals surface area contributed by atoms with Crippen LogP contribution in [0.15, 0.2) is 48.8 Å². The SMILES string of the molecule is COc1ccccc1OCCNCC(O)COc1ccc2nc[nH]c2c1. The summed E-state index contributed by atoms with van der Waals surface area (Å²) in [5.74, 6) is 2.10. The molecule has 26 heavy (non-hydrogen) atoms. The predicted octanol–water partition coefficient (Wildman–Crippen LogP) is 1.98. The summed E-state index contributed by atoms with van der Waals surface area (Å²) in [6, 6.07) is 13.1. The number of hydrogen-bond donors (Lipinski definition) is 3. The van der Waals surface area contributed by atoms with Gasteiger partial charge in [-0.3, -0.25) is 0 Å². The molecule has 0 aliphatic carbocycles. The number of aliphatic hydroxyl groups is 1. The van der Waals surface area contributed by atoms with Crippen LogP contribution < -0.4 is 19.5 Å². The molecule has 1 atom stereocenters. The third-order valence-corrected chi connectivity index (χ3v) is 3.82. The van der Waals surface area contributed by atoms with Gasteiger partial charge in [0, 0.05) is 19.2 Å². The van der Waals surface area contributed by atoms with Crippen LogP contribution in [0.2, 0.25) is 0 Å². The molecule has 0 spiro atoms. The zero-order valence-electron chi connectivity index (χ0n) is 14.6. The van der Waals surface area contributed by atoms with E-state index in [9.17, 15) is 5.11 Å². The topological polar surface area (TPSA) is 88.6 Å². The van der Waals surface area contributed by atoms with Gasteiger partial charge in [-0.2, -0.15) is 0 Å². The van der Waals surface area contributed by atoms with Gasteiger partial charge in [-0.1, -0.05) is 12.1 Å². The Hall–Kier alpha value is -2.77. The fourth-order valence-corrected chi connectivity index (χ4v) is 2.50. The van der Waals surface area contributed by atoms with E-state index < -0.39 is 6.10 Å². The van der Waals surface area contributed by atoms with Crippen molar-refractivity contribution in [2.24, 2.45) is 0 Å². The molecule has 3 aromatic rings. The molecule has 0 saturated carbocycles. The first-order valence-electron chi connectivity index (χ1n) is 8.47. The number of methoxy groups -OCH3 is 1. The Morgan fingerprint density at radius 3 is 2.85 bits per heavy atom. The van der Waals surface area contributed by atoms with Gasteiger partial charge in [-0.05, 0) is 24.3 Å². The average Bonchev–Trinajstić information content (AvgIpc) is 3.14. The molecule has 2 aromatic carbocycles. The second-order valence-corrected chi connectivity index (χ2v) is 5.75. The number of imidazole rings is 1. The minimum absolute atomic E-state index is 0.208. The lowest BCUT2D eigenvalue weighted by atomic mass is 10.3. The summed E-state index contributed by atoms with van der Waals surface area (Å²) in [7, 11) is 1.61. The van der Waals surface area contributed by atoms with Crippen molar-refractivity contribution in [2.75, 3.05) is 33.4 Å². The van der Waals surface area contributed by atoms with Gasteiger partial charge in [-0.25, -0.2) is 4.98 Å². The van der Waals surface area contributed by atoms with Crippen LogP contribution in [0.3, 0.4) is 0 Å². The molecule has 1 aromatic heterocycles. The van der Waals surface area contributed by atoms with Gasteiger partial charge >= 0.3 is 0 Å². The molecule has 1 heterocycles. The smallest absolute Gasteiger partial charge is 0.161 e. The number of aliphatic hydroxyl groups excluding tert-OH is 1. The van der Waals surface area contributed by atoms with Gasteiger partial charge in [0.25, 0.3) is 0 Å². The maximum absolute atomic E-state index is 10.0. The van der Waals surface area contributed by atoms with Crippen molar-refractivity contribution >= 4 is 11.0 Å². The Balaban J connectivity index is 1.33. The van der Waals surface area contributed by atoms with Crippen LogP contribution >= 0.6 is 0 Å². The predicted molar refractivity (Wildman–Crippen MR) is 99.0 cm³/mol. The largest absolute Gasteiger partial charge is 0.493 e. The van der Waals surface area contributed by atoms with Gasteiger partial charge in [0.15, 0.2) is 11.5 Å². The van der Waals surface area contributed by atoms with E-state index in [1.807, 2.05) is 42.5 Å². The lowest BCUT2D eigenvalue weighted by molar-refractivity contribution is 0.105. The number of ether oxygens (including phenoxy) is 3. The molecular weight excluding hydrogens is 334 g/mol. The third kappa shape index (κ3) is 4.87. The molecule has 0 amide bonds. The van der Waals surface area contributed by atoms with Crippen molar-refractivity contribution in [3.8, 4) is 17.2 Å². The van der Waals surface area contributed by atoms with Crippen LogP contribution in [0.1, 0.15) is 0 Å². The number of aromatic amines is 1. The van der Waals surface area contributed by atoms with Gasteiger partial charge in [-0.15, -0.1) is 0 Å². The van der Waals surface area contributed by atoms with E-state index in [0.29, 0.717) is 36.9 Å². The van der Waals surface area contributed by atoms with Gasteiger partial charge in [0.2, 0.25) is 0 Å². The van der Waals surface area contributed by atoms with Crippen LogP contribution in [-0.4, -0.2) is 54.6 Å². The number of hydrogen-bond acceptors (Lipinski definition) is 6. The molecular formula is C19H23N3O4. The maximum Gasteiger partial charge on any atom is 0.161 e. The molecule has 7 heteroatoms. The zero-order chi connectivity index (χ0) is 18.2. The normalized spacial score (nSPS) is 12.1. The molecule has 0 aliphatic heterocycles. The second-order valence-electron chi connectivity index (χ2n) is 5.75. The van der Waals surface area contributed by atoms with E-state index in [4.69, 9.17) is 14.2 Å². The quantitative estimate of drug-likeness (QED) is 0.481. The van der Waals surface area contributed by atoms with Crippen LogP contribution in [0.4, 0.5) is 0 Å². The van der Waals surface area contributed by atoms with Crippen LogP contribution in [0.25, 0.3) is 11.0 Å². The van der Waals surface area contributed by atoms with Crippen molar-refractivity contribution in [3.63, 3.8) is 0 Å². The first-order valence-corrected chi connectivity index (χ1v) is 8.47. The third-order valence-electron chi connectivity index (χ3n) is 3.82. The number of para-hydroxylation sites is 2. The van der Waals surface area contributed by atoms with Crippen molar-refractivity contribution in [1.82, 2.24) is 15.3 Å². The first kappa shape index (κ1) is 18.0.